The van der Waals surface area contributed by atoms with E-state index in [4.69, 9.17) is 0 Å². The second kappa shape index (κ2) is 5.79. The third-order valence-electron chi connectivity index (χ3n) is 5.16. The number of rotatable bonds is 4. The molecule has 1 aromatic heterocycles. The molecule has 2 saturated heterocycles. The number of nitrogens with one attached hydrogen (secondary N) is 2. The second-order valence-corrected chi connectivity index (χ2v) is 6.78. The van der Waals surface area contributed by atoms with Gasteiger partial charge in [-0.1, -0.05) is 0 Å². The van der Waals surface area contributed by atoms with Crippen molar-refractivity contribution in [1.29, 1.82) is 0 Å². The van der Waals surface area contributed by atoms with Crippen LogP contribution < -0.4 is 10.6 Å². The highest BCUT2D eigenvalue weighted by atomic mass is 16.1. The highest BCUT2D eigenvalue weighted by Crippen LogP contribution is 2.32. The first-order valence-electron chi connectivity index (χ1n) is 8.07. The minimum Gasteiger partial charge on any atom is -0.349 e. The summed E-state index contributed by atoms with van der Waals surface area (Å²) >= 11 is 0. The van der Waals surface area contributed by atoms with Crippen molar-refractivity contribution in [3.05, 3.63) is 17.5 Å². The van der Waals surface area contributed by atoms with Gasteiger partial charge in [0.15, 0.2) is 0 Å². The molecule has 2 N–H and O–H groups in total. The maximum atomic E-state index is 12.3. The van der Waals surface area contributed by atoms with Gasteiger partial charge in [-0.15, -0.1) is 0 Å². The van der Waals surface area contributed by atoms with Gasteiger partial charge < -0.3 is 10.6 Å². The number of nitrogens with zero attached hydrogens (tertiary/aromatic N) is 2. The van der Waals surface area contributed by atoms with Crippen molar-refractivity contribution in [2.45, 2.75) is 64.1 Å². The van der Waals surface area contributed by atoms with Crippen molar-refractivity contribution in [3.8, 4) is 0 Å². The topological polar surface area (TPSA) is 59.0 Å². The Bertz CT molecular complexity index is 512. The van der Waals surface area contributed by atoms with Crippen LogP contribution in [0.3, 0.4) is 0 Å². The summed E-state index contributed by atoms with van der Waals surface area (Å²) in [6.45, 7) is 4.07. The molecule has 5 nitrogen and oxygen atoms in total. The Morgan fingerprint density at radius 3 is 2.71 bits per heavy atom. The lowest BCUT2D eigenvalue weighted by molar-refractivity contribution is -0.122. The lowest BCUT2D eigenvalue weighted by Gasteiger charge is -2.29. The number of carbonyl (C=O) groups is 1. The van der Waals surface area contributed by atoms with Gasteiger partial charge in [0.1, 0.15) is 0 Å². The quantitative estimate of drug-likeness (QED) is 0.889. The van der Waals surface area contributed by atoms with E-state index < -0.39 is 0 Å². The molecule has 2 fully saturated rings. The summed E-state index contributed by atoms with van der Waals surface area (Å²) in [6, 6.07) is 1.34. The molecular weight excluding hydrogens is 264 g/mol. The molecule has 5 heteroatoms. The number of carbonyl (C=O) groups excluding carboxylic acids is 1. The van der Waals surface area contributed by atoms with E-state index in [1.54, 1.807) is 0 Å². The number of fused-ring (bicyclic) bond motifs is 2. The van der Waals surface area contributed by atoms with Gasteiger partial charge in [-0.05, 0) is 45.4 Å². The SMILES string of the molecule is Cc1c(C(C)NC(=O)CC2CC3CCC(C2)N3)cnn1C. The number of aromatic nitrogens is 2. The van der Waals surface area contributed by atoms with E-state index in [-0.39, 0.29) is 11.9 Å². The Labute approximate surface area is 126 Å². The fourth-order valence-corrected chi connectivity index (χ4v) is 3.92. The van der Waals surface area contributed by atoms with Gasteiger partial charge >= 0.3 is 0 Å². The number of piperidine rings is 1. The van der Waals surface area contributed by atoms with Crippen LogP contribution in [-0.2, 0) is 11.8 Å². The molecule has 0 radical (unpaired) electrons. The first-order chi connectivity index (χ1) is 10.0. The average molecular weight is 290 g/mol. The van der Waals surface area contributed by atoms with Crippen molar-refractivity contribution >= 4 is 5.91 Å². The minimum absolute atomic E-state index is 0.0321. The molecule has 2 bridgehead atoms. The molecular formula is C16H26N4O. The normalized spacial score (nSPS) is 29.4. The van der Waals surface area contributed by atoms with Gasteiger partial charge in [0, 0.05) is 36.8 Å². The van der Waals surface area contributed by atoms with Crippen molar-refractivity contribution in [1.82, 2.24) is 20.4 Å². The van der Waals surface area contributed by atoms with E-state index in [1.807, 2.05) is 31.8 Å². The van der Waals surface area contributed by atoms with Crippen LogP contribution >= 0.6 is 0 Å². The molecule has 1 aromatic rings. The van der Waals surface area contributed by atoms with Gasteiger partial charge in [0.25, 0.3) is 0 Å². The molecule has 2 aliphatic rings. The van der Waals surface area contributed by atoms with E-state index in [0.717, 1.165) is 24.1 Å². The van der Waals surface area contributed by atoms with Crippen molar-refractivity contribution in [2.75, 3.05) is 0 Å². The smallest absolute Gasteiger partial charge is 0.220 e. The molecule has 3 rings (SSSR count). The summed E-state index contributed by atoms with van der Waals surface area (Å²) in [4.78, 5) is 12.3. The van der Waals surface area contributed by atoms with Crippen LogP contribution in [-0.4, -0.2) is 27.8 Å². The summed E-state index contributed by atoms with van der Waals surface area (Å²) in [5.41, 5.74) is 2.22. The van der Waals surface area contributed by atoms with Crippen molar-refractivity contribution < 1.29 is 4.79 Å². The van der Waals surface area contributed by atoms with E-state index in [9.17, 15) is 4.79 Å². The Hall–Kier alpha value is -1.36. The summed E-state index contributed by atoms with van der Waals surface area (Å²) < 4.78 is 1.85. The number of aryl methyl sites for hydroxylation is 1. The monoisotopic (exact) mass is 290 g/mol. The highest BCUT2D eigenvalue weighted by molar-refractivity contribution is 5.76. The predicted molar refractivity (Wildman–Crippen MR) is 81.8 cm³/mol. The van der Waals surface area contributed by atoms with Crippen LogP contribution in [0.1, 0.15) is 56.3 Å². The predicted octanol–water partition coefficient (Wildman–Crippen LogP) is 1.83. The molecule has 0 aliphatic carbocycles. The molecule has 0 aromatic carbocycles. The lowest BCUT2D eigenvalue weighted by Crippen LogP contribution is -2.40. The molecule has 1 amide bonds. The van der Waals surface area contributed by atoms with Gasteiger partial charge in [-0.2, -0.15) is 5.10 Å². The van der Waals surface area contributed by atoms with E-state index in [2.05, 4.69) is 15.7 Å². The Balaban J connectivity index is 1.53. The second-order valence-electron chi connectivity index (χ2n) is 6.78. The highest BCUT2D eigenvalue weighted by Gasteiger charge is 2.34. The third kappa shape index (κ3) is 3.12. The minimum atomic E-state index is 0.0321. The molecule has 3 atom stereocenters. The Morgan fingerprint density at radius 1 is 1.48 bits per heavy atom. The van der Waals surface area contributed by atoms with Crippen molar-refractivity contribution in [3.63, 3.8) is 0 Å². The molecule has 0 spiro atoms. The maximum Gasteiger partial charge on any atom is 0.220 e. The largest absolute Gasteiger partial charge is 0.349 e. The van der Waals surface area contributed by atoms with Gasteiger partial charge in [0.05, 0.1) is 12.2 Å². The number of hydrogen-bond acceptors (Lipinski definition) is 3. The Morgan fingerprint density at radius 2 is 2.14 bits per heavy atom. The van der Waals surface area contributed by atoms with Crippen LogP contribution in [0, 0.1) is 12.8 Å². The van der Waals surface area contributed by atoms with E-state index in [1.165, 1.54) is 12.8 Å². The first-order valence-corrected chi connectivity index (χ1v) is 8.07. The summed E-state index contributed by atoms with van der Waals surface area (Å²) in [5.74, 6) is 0.725. The fraction of sp³-hybridized carbons (Fsp3) is 0.750. The molecule has 3 heterocycles. The van der Waals surface area contributed by atoms with Gasteiger partial charge in [-0.3, -0.25) is 9.48 Å². The molecule has 21 heavy (non-hydrogen) atoms. The van der Waals surface area contributed by atoms with Crippen LogP contribution in [0.25, 0.3) is 0 Å². The third-order valence-corrected chi connectivity index (χ3v) is 5.16. The van der Waals surface area contributed by atoms with Gasteiger partial charge in [-0.25, -0.2) is 0 Å². The molecule has 3 unspecified atom stereocenters. The van der Waals surface area contributed by atoms with Crippen LogP contribution in [0.2, 0.25) is 0 Å². The maximum absolute atomic E-state index is 12.3. The zero-order valence-corrected chi connectivity index (χ0v) is 13.2. The lowest BCUT2D eigenvalue weighted by atomic mass is 9.89. The van der Waals surface area contributed by atoms with Crippen LogP contribution in [0.5, 0.6) is 0 Å². The van der Waals surface area contributed by atoms with Crippen LogP contribution in [0.4, 0.5) is 0 Å². The molecule has 116 valence electrons. The van der Waals surface area contributed by atoms with Crippen molar-refractivity contribution in [2.24, 2.45) is 13.0 Å². The standard InChI is InChI=1S/C16H26N4O/c1-10(15-9-17-20(3)11(15)2)18-16(21)8-12-6-13-4-5-14(7-12)19-13/h9-10,12-14,19H,4-8H2,1-3H3,(H,18,21). The zero-order valence-electron chi connectivity index (χ0n) is 13.2. The summed E-state index contributed by atoms with van der Waals surface area (Å²) in [5, 5.41) is 11.0. The van der Waals surface area contributed by atoms with Gasteiger partial charge in [0.2, 0.25) is 5.91 Å². The average Bonchev–Trinajstić information content (AvgIpc) is 2.93. The number of amides is 1. The number of hydrogen-bond donors (Lipinski definition) is 2. The first kappa shape index (κ1) is 14.6. The molecule has 2 aliphatic heterocycles. The van der Waals surface area contributed by atoms with Crippen LogP contribution in [0.15, 0.2) is 6.20 Å². The molecule has 0 saturated carbocycles. The van der Waals surface area contributed by atoms with E-state index >= 15 is 0 Å². The summed E-state index contributed by atoms with van der Waals surface area (Å²) in [7, 11) is 1.93. The fourth-order valence-electron chi connectivity index (χ4n) is 3.92. The Kier molecular flexibility index (Phi) is 4.02. The summed E-state index contributed by atoms with van der Waals surface area (Å²) in [6.07, 6.45) is 7.40. The zero-order chi connectivity index (χ0) is 15.0. The van der Waals surface area contributed by atoms with E-state index in [0.29, 0.717) is 24.4 Å².